The molecule has 0 saturated heterocycles. The molecule has 1 unspecified atom stereocenters. The van der Waals surface area contributed by atoms with E-state index in [1.54, 1.807) is 0 Å². The lowest BCUT2D eigenvalue weighted by Crippen LogP contribution is -2.67. The smallest absolute Gasteiger partial charge is 0.425 e. The molecule has 1 heterocycles. The van der Waals surface area contributed by atoms with Gasteiger partial charge in [-0.2, -0.15) is 13.2 Å². The van der Waals surface area contributed by atoms with Crippen LogP contribution in [0.2, 0.25) is 0 Å². The van der Waals surface area contributed by atoms with Gasteiger partial charge in [0.25, 0.3) is 5.91 Å². The van der Waals surface area contributed by atoms with Crippen LogP contribution in [0, 0.1) is 5.92 Å². The molecule has 2 aliphatic carbocycles. The van der Waals surface area contributed by atoms with Crippen LogP contribution in [0.25, 0.3) is 0 Å². The average molecular weight is 374 g/mol. The van der Waals surface area contributed by atoms with Crippen molar-refractivity contribution in [1.29, 1.82) is 0 Å². The van der Waals surface area contributed by atoms with E-state index in [0.29, 0.717) is 25.7 Å². The fraction of sp³-hybridized carbons (Fsp3) is 0.706. The zero-order valence-corrected chi connectivity index (χ0v) is 14.6. The summed E-state index contributed by atoms with van der Waals surface area (Å²) in [7, 11) is 0.954. The van der Waals surface area contributed by atoms with Crippen LogP contribution in [0.5, 0.6) is 0 Å². The Balaban J connectivity index is 2.13. The predicted octanol–water partition coefficient (Wildman–Crippen LogP) is 2.05. The number of halogens is 3. The second kappa shape index (κ2) is 6.28. The Hall–Kier alpha value is -2.06. The third-order valence-corrected chi connectivity index (χ3v) is 5.40. The summed E-state index contributed by atoms with van der Waals surface area (Å²) in [4.78, 5) is 38.5. The van der Waals surface area contributed by atoms with Crippen molar-refractivity contribution >= 4 is 17.8 Å². The van der Waals surface area contributed by atoms with Crippen molar-refractivity contribution in [3.05, 3.63) is 11.3 Å². The molecule has 0 spiro atoms. The molecule has 0 aromatic heterocycles. The number of ether oxygens (including phenoxy) is 1. The summed E-state index contributed by atoms with van der Waals surface area (Å²) >= 11 is 0. The highest BCUT2D eigenvalue weighted by molar-refractivity contribution is 6.10. The van der Waals surface area contributed by atoms with Crippen molar-refractivity contribution in [3.8, 4) is 0 Å². The zero-order chi connectivity index (χ0) is 19.3. The molecule has 1 aliphatic heterocycles. The van der Waals surface area contributed by atoms with E-state index in [0.717, 1.165) is 24.9 Å². The number of methoxy groups -OCH3 is 1. The van der Waals surface area contributed by atoms with Crippen molar-refractivity contribution in [2.24, 2.45) is 5.92 Å². The topological polar surface area (TPSA) is 75.7 Å². The van der Waals surface area contributed by atoms with Gasteiger partial charge in [0.05, 0.1) is 7.11 Å². The summed E-state index contributed by atoms with van der Waals surface area (Å²) in [5, 5.41) is 1.88. The van der Waals surface area contributed by atoms with Crippen molar-refractivity contribution in [2.45, 2.75) is 63.2 Å². The van der Waals surface area contributed by atoms with Gasteiger partial charge in [-0.25, -0.2) is 4.79 Å². The number of allylic oxidation sites excluding steroid dienone is 1. The Kier molecular flexibility index (Phi) is 4.52. The second-order valence-corrected chi connectivity index (χ2v) is 7.08. The number of hydrogen-bond acceptors (Lipinski definition) is 4. The minimum atomic E-state index is -5.17. The van der Waals surface area contributed by atoms with Gasteiger partial charge in [0.1, 0.15) is 5.57 Å². The average Bonchev–Trinajstić information content (AvgIpc) is 3.24. The molecular formula is C17H21F3N2O4. The van der Waals surface area contributed by atoms with Crippen LogP contribution < -0.4 is 5.32 Å². The minimum absolute atomic E-state index is 0.0952. The van der Waals surface area contributed by atoms with E-state index in [-0.39, 0.29) is 5.70 Å². The van der Waals surface area contributed by atoms with Crippen LogP contribution in [0.4, 0.5) is 13.2 Å². The van der Waals surface area contributed by atoms with Gasteiger partial charge in [-0.15, -0.1) is 0 Å². The maximum absolute atomic E-state index is 14.2. The molecule has 2 saturated carbocycles. The van der Waals surface area contributed by atoms with Crippen molar-refractivity contribution < 1.29 is 32.3 Å². The van der Waals surface area contributed by atoms with Crippen LogP contribution in [-0.4, -0.2) is 47.6 Å². The number of esters is 1. The van der Waals surface area contributed by atoms with E-state index < -0.39 is 47.0 Å². The van der Waals surface area contributed by atoms with Crippen molar-refractivity contribution in [3.63, 3.8) is 0 Å². The zero-order valence-electron chi connectivity index (χ0n) is 14.6. The molecule has 0 aromatic rings. The van der Waals surface area contributed by atoms with E-state index in [4.69, 9.17) is 0 Å². The Morgan fingerprint density at radius 3 is 2.23 bits per heavy atom. The van der Waals surface area contributed by atoms with Crippen molar-refractivity contribution in [2.75, 3.05) is 7.11 Å². The molecule has 6 nitrogen and oxygen atoms in total. The molecule has 9 heteroatoms. The second-order valence-electron chi connectivity index (χ2n) is 7.08. The number of amides is 2. The molecule has 144 valence electrons. The molecule has 2 amide bonds. The molecule has 3 rings (SSSR count). The summed E-state index contributed by atoms with van der Waals surface area (Å²) < 4.78 is 47.1. The van der Waals surface area contributed by atoms with E-state index >= 15 is 0 Å². The fourth-order valence-corrected chi connectivity index (χ4v) is 3.92. The molecule has 1 N–H and O–H groups in total. The van der Waals surface area contributed by atoms with E-state index in [2.05, 4.69) is 4.74 Å². The predicted molar refractivity (Wildman–Crippen MR) is 83.5 cm³/mol. The summed E-state index contributed by atoms with van der Waals surface area (Å²) in [6.07, 6.45) is -1.53. The van der Waals surface area contributed by atoms with Crippen LogP contribution in [0.3, 0.4) is 0 Å². The third kappa shape index (κ3) is 2.68. The molecule has 0 bridgehead atoms. The summed E-state index contributed by atoms with van der Waals surface area (Å²) in [6, 6.07) is -0.413. The number of carbonyl (C=O) groups excluding carboxylic acids is 3. The standard InChI is InChI=1S/C17H21F3N2O4/c1-9-12(14(24)26-2)16(17(18,19)20,21-13(23)10-7-8-10)15(25)22(9)11-5-3-4-6-11/h10-11H,3-8H2,1-2H3,(H,21,23). The number of nitrogens with zero attached hydrogens (tertiary/aromatic N) is 1. The van der Waals surface area contributed by atoms with Gasteiger partial charge in [-0.05, 0) is 32.6 Å². The van der Waals surface area contributed by atoms with Gasteiger partial charge in [-0.1, -0.05) is 12.8 Å². The highest BCUT2D eigenvalue weighted by Gasteiger charge is 2.71. The first-order chi connectivity index (χ1) is 12.1. The first-order valence-electron chi connectivity index (χ1n) is 8.67. The molecule has 3 aliphatic rings. The van der Waals surface area contributed by atoms with E-state index in [1.807, 2.05) is 5.32 Å². The summed E-state index contributed by atoms with van der Waals surface area (Å²) in [5.74, 6) is -3.99. The number of nitrogens with one attached hydrogen (secondary N) is 1. The Labute approximate surface area is 148 Å². The van der Waals surface area contributed by atoms with Gasteiger partial charge in [-0.3, -0.25) is 9.59 Å². The first kappa shape index (κ1) is 18.7. The summed E-state index contributed by atoms with van der Waals surface area (Å²) in [6.45, 7) is 1.30. The Morgan fingerprint density at radius 2 is 1.77 bits per heavy atom. The third-order valence-electron chi connectivity index (χ3n) is 5.40. The molecule has 2 fully saturated rings. The molecular weight excluding hydrogens is 353 g/mol. The van der Waals surface area contributed by atoms with Crippen molar-refractivity contribution in [1.82, 2.24) is 10.2 Å². The van der Waals surface area contributed by atoms with Gasteiger partial charge < -0.3 is 15.0 Å². The number of carbonyl (C=O) groups is 3. The van der Waals surface area contributed by atoms with Gasteiger partial charge >= 0.3 is 12.1 Å². The minimum Gasteiger partial charge on any atom is -0.466 e. The maximum atomic E-state index is 14.2. The monoisotopic (exact) mass is 374 g/mol. The highest BCUT2D eigenvalue weighted by Crippen LogP contribution is 2.47. The number of hydrogen-bond donors (Lipinski definition) is 1. The molecule has 26 heavy (non-hydrogen) atoms. The number of alkyl halides is 3. The Bertz CT molecular complexity index is 678. The highest BCUT2D eigenvalue weighted by atomic mass is 19.4. The van der Waals surface area contributed by atoms with E-state index in [9.17, 15) is 27.6 Å². The quantitative estimate of drug-likeness (QED) is 0.765. The molecule has 1 atom stereocenters. The van der Waals surface area contributed by atoms with Crippen LogP contribution >= 0.6 is 0 Å². The first-order valence-corrected chi connectivity index (χ1v) is 8.67. The lowest BCUT2D eigenvalue weighted by atomic mass is 9.88. The normalized spacial score (nSPS) is 27.3. The van der Waals surface area contributed by atoms with Crippen LogP contribution in [0.1, 0.15) is 45.4 Å². The summed E-state index contributed by atoms with van der Waals surface area (Å²) in [5.41, 5.74) is -4.31. The van der Waals surface area contributed by atoms with Gasteiger partial charge in [0, 0.05) is 17.7 Å². The lowest BCUT2D eigenvalue weighted by Gasteiger charge is -2.34. The van der Waals surface area contributed by atoms with E-state index in [1.165, 1.54) is 6.92 Å². The van der Waals surface area contributed by atoms with Gasteiger partial charge in [0.2, 0.25) is 11.4 Å². The lowest BCUT2D eigenvalue weighted by molar-refractivity contribution is -0.196. The SMILES string of the molecule is COC(=O)C1=C(C)N(C2CCCC2)C(=O)C1(NC(=O)C1CC1)C(F)(F)F. The fourth-order valence-electron chi connectivity index (χ4n) is 3.92. The maximum Gasteiger partial charge on any atom is 0.425 e. The molecule has 0 aromatic carbocycles. The Morgan fingerprint density at radius 1 is 1.19 bits per heavy atom. The number of rotatable bonds is 4. The molecule has 0 radical (unpaired) electrons. The van der Waals surface area contributed by atoms with Crippen LogP contribution in [0.15, 0.2) is 11.3 Å². The van der Waals surface area contributed by atoms with Gasteiger partial charge in [0.15, 0.2) is 0 Å². The largest absolute Gasteiger partial charge is 0.466 e. The van der Waals surface area contributed by atoms with Crippen LogP contribution in [-0.2, 0) is 19.1 Å².